The van der Waals surface area contributed by atoms with Crippen molar-refractivity contribution in [3.05, 3.63) is 0 Å². The maximum absolute atomic E-state index is 11.2. The number of carbonyl (C=O) groups is 1. The molecule has 2 unspecified atom stereocenters. The van der Waals surface area contributed by atoms with E-state index in [0.717, 1.165) is 11.5 Å². The summed E-state index contributed by atoms with van der Waals surface area (Å²) in [6.07, 6.45) is 0. The molecule has 0 aromatic rings. The molecule has 3 nitrogen and oxygen atoms in total. The molecule has 0 rings (SSSR count). The second-order valence-corrected chi connectivity index (χ2v) is 5.53. The van der Waals surface area contributed by atoms with Gasteiger partial charge in [0.2, 0.25) is 0 Å². The maximum Gasteiger partial charge on any atom is 0.318 e. The third-order valence-electron chi connectivity index (χ3n) is 1.38. The van der Waals surface area contributed by atoms with Crippen molar-refractivity contribution >= 4 is 28.5 Å². The van der Waals surface area contributed by atoms with Crippen LogP contribution in [0.4, 0.5) is 0 Å². The molecule has 0 heterocycles. The molecule has 0 aromatic heterocycles. The summed E-state index contributed by atoms with van der Waals surface area (Å²) in [5.74, 6) is 1.26. The molecule has 0 amide bonds. The van der Waals surface area contributed by atoms with Crippen LogP contribution in [0.25, 0.3) is 0 Å². The monoisotopic (exact) mass is 210 g/mol. The topological polar surface area (TPSA) is 54.4 Å². The Kier molecular flexibility index (Phi) is 6.47. The smallest absolute Gasteiger partial charge is 0.318 e. The summed E-state index contributed by atoms with van der Waals surface area (Å²) in [5.41, 5.74) is 0. The zero-order chi connectivity index (χ0) is 9.56. The second-order valence-electron chi connectivity index (χ2n) is 2.26. The van der Waals surface area contributed by atoms with Crippen LogP contribution >= 0.6 is 11.8 Å². The molecule has 5 heteroatoms. The fourth-order valence-corrected chi connectivity index (χ4v) is 2.57. The first-order chi connectivity index (χ1) is 5.59. The van der Waals surface area contributed by atoms with Gasteiger partial charge in [0.25, 0.3) is 0 Å². The van der Waals surface area contributed by atoms with Crippen LogP contribution in [0.1, 0.15) is 13.8 Å². The number of aliphatic carboxylic acids is 1. The molecular formula is C7H14O3S2. The SMILES string of the molecule is CCSCCS(=O)C(C)C(=O)O. The van der Waals surface area contributed by atoms with E-state index >= 15 is 0 Å². The normalized spacial score (nSPS) is 15.5. The number of carboxylic acids is 1. The second kappa shape index (κ2) is 6.48. The molecule has 0 saturated heterocycles. The molecule has 0 aliphatic carbocycles. The standard InChI is InChI=1S/C7H14O3S2/c1-3-11-4-5-12(10)6(2)7(8)9/h6H,3-5H2,1-2H3,(H,8,9). The van der Waals surface area contributed by atoms with E-state index in [-0.39, 0.29) is 0 Å². The summed E-state index contributed by atoms with van der Waals surface area (Å²) in [7, 11) is -1.22. The summed E-state index contributed by atoms with van der Waals surface area (Å²) < 4.78 is 11.2. The highest BCUT2D eigenvalue weighted by atomic mass is 32.2. The summed E-state index contributed by atoms with van der Waals surface area (Å²) in [4.78, 5) is 10.4. The molecule has 72 valence electrons. The Balaban J connectivity index is 3.65. The average Bonchev–Trinajstić information content (AvgIpc) is 2.03. The molecule has 0 saturated carbocycles. The van der Waals surface area contributed by atoms with E-state index in [1.165, 1.54) is 6.92 Å². The summed E-state index contributed by atoms with van der Waals surface area (Å²) in [6.45, 7) is 3.50. The molecule has 0 aromatic carbocycles. The van der Waals surface area contributed by atoms with Gasteiger partial charge in [-0.25, -0.2) is 0 Å². The van der Waals surface area contributed by atoms with Gasteiger partial charge in [-0.15, -0.1) is 0 Å². The Morgan fingerprint density at radius 1 is 1.67 bits per heavy atom. The lowest BCUT2D eigenvalue weighted by molar-refractivity contribution is -0.136. The molecule has 2 atom stereocenters. The molecule has 0 spiro atoms. The minimum absolute atomic E-state index is 0.478. The molecule has 12 heavy (non-hydrogen) atoms. The predicted molar refractivity (Wildman–Crippen MR) is 53.1 cm³/mol. The predicted octanol–water partition coefficient (Wildman–Crippen LogP) is 0.961. The van der Waals surface area contributed by atoms with Gasteiger partial charge in [0.1, 0.15) is 5.25 Å². The molecule has 0 radical (unpaired) electrons. The number of carboxylic acid groups (broad SMARTS) is 1. The van der Waals surface area contributed by atoms with Gasteiger partial charge < -0.3 is 5.11 Å². The lowest BCUT2D eigenvalue weighted by Crippen LogP contribution is -2.24. The number of thioether (sulfide) groups is 1. The van der Waals surface area contributed by atoms with Crippen molar-refractivity contribution in [1.29, 1.82) is 0 Å². The Morgan fingerprint density at radius 2 is 2.25 bits per heavy atom. The van der Waals surface area contributed by atoms with Crippen LogP contribution in [0.15, 0.2) is 0 Å². The largest absolute Gasteiger partial charge is 0.480 e. The Labute approximate surface area is 79.4 Å². The average molecular weight is 210 g/mol. The molecule has 0 aliphatic heterocycles. The zero-order valence-electron chi connectivity index (χ0n) is 7.28. The van der Waals surface area contributed by atoms with Gasteiger partial charge in [-0.2, -0.15) is 11.8 Å². The Morgan fingerprint density at radius 3 is 2.67 bits per heavy atom. The van der Waals surface area contributed by atoms with E-state index < -0.39 is 22.0 Å². The maximum atomic E-state index is 11.2. The van der Waals surface area contributed by atoms with Crippen LogP contribution in [0.5, 0.6) is 0 Å². The number of hydrogen-bond acceptors (Lipinski definition) is 3. The molecule has 1 N–H and O–H groups in total. The van der Waals surface area contributed by atoms with Gasteiger partial charge in [-0.3, -0.25) is 9.00 Å². The quantitative estimate of drug-likeness (QED) is 0.663. The van der Waals surface area contributed by atoms with E-state index in [1.807, 2.05) is 6.92 Å². The highest BCUT2D eigenvalue weighted by Crippen LogP contribution is 2.02. The van der Waals surface area contributed by atoms with Gasteiger partial charge in [0.15, 0.2) is 0 Å². The highest BCUT2D eigenvalue weighted by Gasteiger charge is 2.17. The van der Waals surface area contributed by atoms with Crippen molar-refractivity contribution in [3.8, 4) is 0 Å². The van der Waals surface area contributed by atoms with Gasteiger partial charge >= 0.3 is 5.97 Å². The highest BCUT2D eigenvalue weighted by molar-refractivity contribution is 8.00. The molecule has 0 aliphatic rings. The van der Waals surface area contributed by atoms with Gasteiger partial charge in [0.05, 0.1) is 0 Å². The van der Waals surface area contributed by atoms with Crippen LogP contribution in [-0.4, -0.2) is 37.8 Å². The first-order valence-electron chi connectivity index (χ1n) is 3.77. The van der Waals surface area contributed by atoms with Crippen molar-refractivity contribution < 1.29 is 14.1 Å². The van der Waals surface area contributed by atoms with E-state index in [2.05, 4.69) is 0 Å². The van der Waals surface area contributed by atoms with Crippen molar-refractivity contribution in [1.82, 2.24) is 0 Å². The molecule has 0 fully saturated rings. The summed E-state index contributed by atoms with van der Waals surface area (Å²) in [5, 5.41) is 7.78. The van der Waals surface area contributed by atoms with Crippen molar-refractivity contribution in [2.24, 2.45) is 0 Å². The fraction of sp³-hybridized carbons (Fsp3) is 0.857. The molecular weight excluding hydrogens is 196 g/mol. The Hall–Kier alpha value is -0.0300. The fourth-order valence-electron chi connectivity index (χ4n) is 0.575. The van der Waals surface area contributed by atoms with Crippen LogP contribution < -0.4 is 0 Å². The minimum atomic E-state index is -1.22. The van der Waals surface area contributed by atoms with E-state index in [1.54, 1.807) is 11.8 Å². The summed E-state index contributed by atoms with van der Waals surface area (Å²) >= 11 is 1.68. The number of rotatable bonds is 6. The van der Waals surface area contributed by atoms with Gasteiger partial charge in [0, 0.05) is 22.3 Å². The van der Waals surface area contributed by atoms with Crippen molar-refractivity contribution in [2.75, 3.05) is 17.3 Å². The van der Waals surface area contributed by atoms with Crippen LogP contribution in [0.3, 0.4) is 0 Å². The van der Waals surface area contributed by atoms with Crippen molar-refractivity contribution in [2.45, 2.75) is 19.1 Å². The number of hydrogen-bond donors (Lipinski definition) is 1. The Bertz CT molecular complexity index is 170. The van der Waals surface area contributed by atoms with Gasteiger partial charge in [-0.05, 0) is 12.7 Å². The molecule has 0 bridgehead atoms. The van der Waals surface area contributed by atoms with Crippen LogP contribution in [0.2, 0.25) is 0 Å². The van der Waals surface area contributed by atoms with Crippen LogP contribution in [0, 0.1) is 0 Å². The van der Waals surface area contributed by atoms with Crippen LogP contribution in [-0.2, 0) is 15.6 Å². The third-order valence-corrected chi connectivity index (χ3v) is 4.13. The summed E-state index contributed by atoms with van der Waals surface area (Å²) in [6, 6.07) is 0. The lowest BCUT2D eigenvalue weighted by Gasteiger charge is -2.04. The van der Waals surface area contributed by atoms with Crippen molar-refractivity contribution in [3.63, 3.8) is 0 Å². The third kappa shape index (κ3) is 4.77. The van der Waals surface area contributed by atoms with E-state index in [4.69, 9.17) is 5.11 Å². The van der Waals surface area contributed by atoms with E-state index in [0.29, 0.717) is 5.75 Å². The van der Waals surface area contributed by atoms with E-state index in [9.17, 15) is 9.00 Å². The first kappa shape index (κ1) is 12.0. The minimum Gasteiger partial charge on any atom is -0.480 e. The van der Waals surface area contributed by atoms with Gasteiger partial charge in [-0.1, -0.05) is 6.92 Å². The zero-order valence-corrected chi connectivity index (χ0v) is 8.91. The lowest BCUT2D eigenvalue weighted by atomic mass is 10.5. The first-order valence-corrected chi connectivity index (χ1v) is 6.31.